The van der Waals surface area contributed by atoms with E-state index in [2.05, 4.69) is 0 Å². The van der Waals surface area contributed by atoms with Gasteiger partial charge in [0.1, 0.15) is 23.5 Å². The Morgan fingerprint density at radius 2 is 1.82 bits per heavy atom. The normalized spacial score (nSPS) is 16.4. The average Bonchev–Trinajstić information content (AvgIpc) is 3.10. The van der Waals surface area contributed by atoms with E-state index in [9.17, 15) is 9.18 Å². The largest absolute Gasteiger partial charge is 0.489 e. The van der Waals surface area contributed by atoms with E-state index >= 15 is 0 Å². The van der Waals surface area contributed by atoms with Gasteiger partial charge in [-0.1, -0.05) is 35.9 Å². The molecule has 3 aromatic carbocycles. The summed E-state index contributed by atoms with van der Waals surface area (Å²) in [5.41, 5.74) is 2.70. The van der Waals surface area contributed by atoms with Crippen LogP contribution in [-0.4, -0.2) is 11.7 Å². The lowest BCUT2D eigenvalue weighted by atomic mass is 10.1. The van der Waals surface area contributed by atoms with E-state index in [0.29, 0.717) is 23.1 Å². The fourth-order valence-electron chi connectivity index (χ4n) is 3.06. The number of amides is 1. The number of ether oxygens (including phenoxy) is 1. The van der Waals surface area contributed by atoms with Gasteiger partial charge in [-0.25, -0.2) is 4.39 Å². The van der Waals surface area contributed by atoms with E-state index in [1.807, 2.05) is 36.4 Å². The predicted octanol–water partition coefficient (Wildman–Crippen LogP) is 5.84. The van der Waals surface area contributed by atoms with Crippen molar-refractivity contribution in [1.29, 1.82) is 0 Å². The molecule has 0 aromatic heterocycles. The van der Waals surface area contributed by atoms with Crippen LogP contribution in [0, 0.1) is 5.82 Å². The minimum atomic E-state index is -0.268. The highest BCUT2D eigenvalue weighted by Crippen LogP contribution is 2.42. The number of nitrogens with zero attached hydrogens (tertiary/aromatic N) is 1. The lowest BCUT2D eigenvalue weighted by Gasteiger charge is -2.24. The summed E-state index contributed by atoms with van der Waals surface area (Å²) in [6.07, 6.45) is 0. The molecule has 0 saturated carbocycles. The smallest absolute Gasteiger partial charge is 0.238 e. The molecule has 0 bridgehead atoms. The van der Waals surface area contributed by atoms with Crippen molar-refractivity contribution in [1.82, 2.24) is 0 Å². The first-order valence-corrected chi connectivity index (χ1v) is 10.2. The molecule has 4 rings (SSSR count). The second kappa shape index (κ2) is 8.25. The summed E-state index contributed by atoms with van der Waals surface area (Å²) in [6, 6.07) is 21.2. The molecule has 0 unspecified atom stereocenters. The number of benzene rings is 3. The first kappa shape index (κ1) is 18.8. The van der Waals surface area contributed by atoms with Gasteiger partial charge in [0.05, 0.1) is 5.75 Å². The van der Waals surface area contributed by atoms with Crippen molar-refractivity contribution in [2.45, 2.75) is 12.0 Å². The number of rotatable bonds is 5. The molecule has 0 aliphatic carbocycles. The number of hydrogen-bond acceptors (Lipinski definition) is 3. The zero-order valence-electron chi connectivity index (χ0n) is 14.8. The molecule has 1 amide bonds. The highest BCUT2D eigenvalue weighted by molar-refractivity contribution is 8.00. The van der Waals surface area contributed by atoms with E-state index in [1.165, 1.54) is 12.1 Å². The van der Waals surface area contributed by atoms with Crippen LogP contribution in [0.3, 0.4) is 0 Å². The van der Waals surface area contributed by atoms with Gasteiger partial charge in [-0.05, 0) is 59.7 Å². The summed E-state index contributed by atoms with van der Waals surface area (Å²) < 4.78 is 18.9. The fraction of sp³-hybridized carbons (Fsp3) is 0.136. The predicted molar refractivity (Wildman–Crippen MR) is 111 cm³/mol. The molecule has 1 atom stereocenters. The maximum absolute atomic E-state index is 13.0. The Morgan fingerprint density at radius 1 is 1.07 bits per heavy atom. The molecule has 3 aromatic rings. The second-order valence-corrected chi connectivity index (χ2v) is 7.90. The second-order valence-electron chi connectivity index (χ2n) is 6.39. The van der Waals surface area contributed by atoms with Crippen LogP contribution >= 0.6 is 23.4 Å². The Hall–Kier alpha value is -2.50. The van der Waals surface area contributed by atoms with Crippen molar-refractivity contribution in [3.8, 4) is 5.75 Å². The Kier molecular flexibility index (Phi) is 5.55. The van der Waals surface area contributed by atoms with E-state index < -0.39 is 0 Å². The Labute approximate surface area is 172 Å². The van der Waals surface area contributed by atoms with Crippen molar-refractivity contribution in [2.75, 3.05) is 10.7 Å². The van der Waals surface area contributed by atoms with Crippen LogP contribution in [-0.2, 0) is 11.4 Å². The van der Waals surface area contributed by atoms with Gasteiger partial charge in [0.25, 0.3) is 0 Å². The summed E-state index contributed by atoms with van der Waals surface area (Å²) in [7, 11) is 0. The van der Waals surface area contributed by atoms with Crippen molar-refractivity contribution >= 4 is 35.0 Å². The molecule has 3 nitrogen and oxygen atoms in total. The van der Waals surface area contributed by atoms with E-state index in [0.717, 1.165) is 16.8 Å². The minimum absolute atomic E-state index is 0.0648. The number of carbonyl (C=O) groups excluding carboxylic acids is 1. The standard InChI is InChI=1S/C22H17ClFNO2S/c23-17-6-10-19(11-7-17)25-21(26)14-28-22(25)16-2-1-3-20(12-16)27-13-15-4-8-18(24)9-5-15/h1-12,22H,13-14H2/t22-/m1/s1. The van der Waals surface area contributed by atoms with Gasteiger partial charge in [-0.3, -0.25) is 9.69 Å². The monoisotopic (exact) mass is 413 g/mol. The maximum atomic E-state index is 13.0. The van der Waals surface area contributed by atoms with Gasteiger partial charge in [0, 0.05) is 10.7 Å². The van der Waals surface area contributed by atoms with Crippen LogP contribution in [0.2, 0.25) is 5.02 Å². The fourth-order valence-corrected chi connectivity index (χ4v) is 4.35. The summed E-state index contributed by atoms with van der Waals surface area (Å²) in [5.74, 6) is 0.928. The molecule has 1 heterocycles. The maximum Gasteiger partial charge on any atom is 0.238 e. The SMILES string of the molecule is O=C1CS[C@H](c2cccc(OCc3ccc(F)cc3)c2)N1c1ccc(Cl)cc1. The highest BCUT2D eigenvalue weighted by Gasteiger charge is 2.34. The Bertz CT molecular complexity index is 979. The molecule has 1 aliphatic heterocycles. The van der Waals surface area contributed by atoms with Crippen molar-refractivity contribution in [2.24, 2.45) is 0 Å². The summed E-state index contributed by atoms with van der Waals surface area (Å²) in [4.78, 5) is 14.3. The van der Waals surface area contributed by atoms with Crippen LogP contribution in [0.5, 0.6) is 5.75 Å². The van der Waals surface area contributed by atoms with Gasteiger partial charge in [-0.15, -0.1) is 11.8 Å². The van der Waals surface area contributed by atoms with Gasteiger partial charge >= 0.3 is 0 Å². The Balaban J connectivity index is 1.53. The van der Waals surface area contributed by atoms with Gasteiger partial charge in [0.15, 0.2) is 0 Å². The first-order chi connectivity index (χ1) is 13.6. The summed E-state index contributed by atoms with van der Waals surface area (Å²) >= 11 is 7.56. The molecule has 28 heavy (non-hydrogen) atoms. The van der Waals surface area contributed by atoms with Gasteiger partial charge in [0.2, 0.25) is 5.91 Å². The number of anilines is 1. The van der Waals surface area contributed by atoms with Crippen LogP contribution < -0.4 is 9.64 Å². The quantitative estimate of drug-likeness (QED) is 0.526. The molecule has 1 aliphatic rings. The van der Waals surface area contributed by atoms with Crippen molar-refractivity contribution in [3.63, 3.8) is 0 Å². The molecular weight excluding hydrogens is 397 g/mol. The van der Waals surface area contributed by atoms with Crippen LogP contribution in [0.15, 0.2) is 72.8 Å². The zero-order valence-corrected chi connectivity index (χ0v) is 16.4. The third-order valence-electron chi connectivity index (χ3n) is 4.43. The van der Waals surface area contributed by atoms with Crippen LogP contribution in [0.25, 0.3) is 0 Å². The lowest BCUT2D eigenvalue weighted by Crippen LogP contribution is -2.27. The summed E-state index contributed by atoms with van der Waals surface area (Å²) in [6.45, 7) is 0.349. The lowest BCUT2D eigenvalue weighted by molar-refractivity contribution is -0.115. The number of carbonyl (C=O) groups is 1. The third kappa shape index (κ3) is 4.16. The van der Waals surface area contributed by atoms with Gasteiger partial charge in [-0.2, -0.15) is 0 Å². The summed E-state index contributed by atoms with van der Waals surface area (Å²) in [5, 5.41) is 0.513. The number of thioether (sulfide) groups is 1. The number of halogens is 2. The third-order valence-corrected chi connectivity index (χ3v) is 5.90. The molecule has 142 valence electrons. The van der Waals surface area contributed by atoms with Crippen LogP contribution in [0.4, 0.5) is 10.1 Å². The zero-order chi connectivity index (χ0) is 19.5. The Morgan fingerprint density at radius 3 is 2.57 bits per heavy atom. The first-order valence-electron chi connectivity index (χ1n) is 8.76. The molecular formula is C22H17ClFNO2S. The van der Waals surface area contributed by atoms with Crippen LogP contribution in [0.1, 0.15) is 16.5 Å². The van der Waals surface area contributed by atoms with E-state index in [1.54, 1.807) is 40.9 Å². The average molecular weight is 414 g/mol. The van der Waals surface area contributed by atoms with Crippen molar-refractivity contribution in [3.05, 3.63) is 94.8 Å². The van der Waals surface area contributed by atoms with Gasteiger partial charge < -0.3 is 4.74 Å². The molecule has 1 fully saturated rings. The van der Waals surface area contributed by atoms with E-state index in [4.69, 9.17) is 16.3 Å². The molecule has 1 saturated heterocycles. The molecule has 0 N–H and O–H groups in total. The van der Waals surface area contributed by atoms with E-state index in [-0.39, 0.29) is 17.1 Å². The number of hydrogen-bond donors (Lipinski definition) is 0. The molecule has 0 radical (unpaired) electrons. The molecule has 6 heteroatoms. The topological polar surface area (TPSA) is 29.5 Å². The van der Waals surface area contributed by atoms with Crippen molar-refractivity contribution < 1.29 is 13.9 Å². The highest BCUT2D eigenvalue weighted by atomic mass is 35.5. The minimum Gasteiger partial charge on any atom is -0.489 e. The molecule has 0 spiro atoms.